The minimum Gasteiger partial charge on any atom is -0.370 e. The highest BCUT2D eigenvalue weighted by molar-refractivity contribution is 5.83. The van der Waals surface area contributed by atoms with E-state index in [0.29, 0.717) is 25.3 Å². The van der Waals surface area contributed by atoms with Crippen LogP contribution in [0.25, 0.3) is 0 Å². The van der Waals surface area contributed by atoms with Crippen molar-refractivity contribution in [1.29, 1.82) is 0 Å². The molecule has 0 heterocycles. The van der Waals surface area contributed by atoms with Gasteiger partial charge in [0, 0.05) is 25.0 Å². The number of carbonyl (C=O) groups is 2. The molecule has 0 spiro atoms. The molecule has 0 bridgehead atoms. The molecule has 0 aliphatic carbocycles. The summed E-state index contributed by atoms with van der Waals surface area (Å²) in [5.74, 6) is 0.565. The Morgan fingerprint density at radius 1 is 1.08 bits per heavy atom. The maximum absolute atomic E-state index is 12.7. The fourth-order valence-corrected chi connectivity index (χ4v) is 2.77. The lowest BCUT2D eigenvalue weighted by Gasteiger charge is -2.25. The predicted molar refractivity (Wildman–Crippen MR) is 103 cm³/mol. The number of guanidine groups is 1. The van der Waals surface area contributed by atoms with E-state index in [1.165, 1.54) is 0 Å². The third-order valence-electron chi connectivity index (χ3n) is 3.68. The maximum atomic E-state index is 12.7. The number of rotatable bonds is 13. The number of amides is 1. The highest BCUT2D eigenvalue weighted by Gasteiger charge is 2.23. The van der Waals surface area contributed by atoms with Gasteiger partial charge >= 0.3 is 0 Å². The smallest absolute Gasteiger partial charge is 0.237 e. The number of hydrogen-bond donors (Lipinski definition) is 4. The van der Waals surface area contributed by atoms with Crippen LogP contribution in [0.15, 0.2) is 4.99 Å². The number of ketones is 1. The van der Waals surface area contributed by atoms with Gasteiger partial charge in [0.05, 0.1) is 6.04 Å². The van der Waals surface area contributed by atoms with Crippen molar-refractivity contribution >= 4 is 17.6 Å². The Kier molecular flexibility index (Phi) is 11.9. The van der Waals surface area contributed by atoms with Crippen molar-refractivity contribution in [3.05, 3.63) is 0 Å². The number of unbranched alkanes of at least 4 members (excludes halogenated alkanes) is 1. The van der Waals surface area contributed by atoms with E-state index in [1.54, 1.807) is 6.92 Å². The molecule has 0 unspecified atom stereocenters. The van der Waals surface area contributed by atoms with Crippen LogP contribution in [0, 0.1) is 5.92 Å². The Hall–Kier alpha value is -1.63. The lowest BCUT2D eigenvalue weighted by Crippen LogP contribution is -2.50. The summed E-state index contributed by atoms with van der Waals surface area (Å²) in [5.41, 5.74) is 10.6. The summed E-state index contributed by atoms with van der Waals surface area (Å²) in [6.45, 7) is 10.3. The van der Waals surface area contributed by atoms with Gasteiger partial charge < -0.3 is 22.1 Å². The summed E-state index contributed by atoms with van der Waals surface area (Å²) in [7, 11) is 0. The molecule has 0 saturated heterocycles. The molecule has 25 heavy (non-hydrogen) atoms. The van der Waals surface area contributed by atoms with Gasteiger partial charge in [-0.2, -0.15) is 0 Å². The molecule has 2 atom stereocenters. The average molecular weight is 356 g/mol. The van der Waals surface area contributed by atoms with Crippen molar-refractivity contribution in [1.82, 2.24) is 10.6 Å². The van der Waals surface area contributed by atoms with Crippen LogP contribution >= 0.6 is 0 Å². The van der Waals surface area contributed by atoms with Gasteiger partial charge in [0.15, 0.2) is 5.96 Å². The molecular formula is C18H37N5O2. The van der Waals surface area contributed by atoms with Gasteiger partial charge in [0.2, 0.25) is 5.91 Å². The Labute approximate surface area is 152 Å². The summed E-state index contributed by atoms with van der Waals surface area (Å²) >= 11 is 0. The molecule has 0 radical (unpaired) electrons. The van der Waals surface area contributed by atoms with E-state index >= 15 is 0 Å². The quantitative estimate of drug-likeness (QED) is 0.225. The van der Waals surface area contributed by atoms with Gasteiger partial charge in [-0.05, 0) is 38.5 Å². The molecule has 0 aromatic heterocycles. The molecule has 0 rings (SSSR count). The number of carbonyl (C=O) groups excluding carboxylic acids is 2. The first kappa shape index (κ1) is 23.4. The van der Waals surface area contributed by atoms with Crippen LogP contribution < -0.4 is 22.1 Å². The number of nitrogens with one attached hydrogen (secondary N) is 2. The minimum absolute atomic E-state index is 0.0394. The number of Topliss-reactive ketones (excluding diaryl/α,β-unsaturated/α-hetero) is 1. The van der Waals surface area contributed by atoms with Crippen molar-refractivity contribution in [3.8, 4) is 0 Å². The zero-order chi connectivity index (χ0) is 19.4. The Morgan fingerprint density at radius 3 is 2.20 bits per heavy atom. The van der Waals surface area contributed by atoms with Crippen molar-refractivity contribution in [2.75, 3.05) is 6.54 Å². The Morgan fingerprint density at radius 2 is 1.72 bits per heavy atom. The van der Waals surface area contributed by atoms with E-state index in [2.05, 4.69) is 29.5 Å². The second-order valence-electron chi connectivity index (χ2n) is 7.42. The normalized spacial score (nSPS) is 13.6. The van der Waals surface area contributed by atoms with Gasteiger partial charge in [-0.15, -0.1) is 0 Å². The van der Waals surface area contributed by atoms with Gasteiger partial charge in [-0.25, -0.2) is 0 Å². The molecule has 0 aromatic carbocycles. The van der Waals surface area contributed by atoms with Crippen molar-refractivity contribution < 1.29 is 9.59 Å². The minimum atomic E-state index is -0.277. The monoisotopic (exact) mass is 355 g/mol. The van der Waals surface area contributed by atoms with Crippen LogP contribution in [0.3, 0.4) is 0 Å². The topological polar surface area (TPSA) is 123 Å². The van der Waals surface area contributed by atoms with Crippen LogP contribution in [0.4, 0.5) is 0 Å². The molecule has 0 saturated carbocycles. The predicted octanol–water partition coefficient (Wildman–Crippen LogP) is 1.31. The van der Waals surface area contributed by atoms with E-state index in [0.717, 1.165) is 19.3 Å². The second kappa shape index (κ2) is 12.7. The first-order chi connectivity index (χ1) is 11.6. The molecule has 7 heteroatoms. The van der Waals surface area contributed by atoms with Crippen LogP contribution in [0.1, 0.15) is 66.7 Å². The van der Waals surface area contributed by atoms with Gasteiger partial charge in [-0.3, -0.25) is 14.6 Å². The van der Waals surface area contributed by atoms with E-state index in [4.69, 9.17) is 11.5 Å². The number of nitrogens with zero attached hydrogens (tertiary/aromatic N) is 1. The van der Waals surface area contributed by atoms with Gasteiger partial charge in [0.25, 0.3) is 0 Å². The third kappa shape index (κ3) is 13.3. The molecular weight excluding hydrogens is 318 g/mol. The van der Waals surface area contributed by atoms with E-state index in [9.17, 15) is 9.59 Å². The number of aliphatic imine (C=N–C) groups is 1. The highest BCUT2D eigenvalue weighted by Crippen LogP contribution is 2.10. The first-order valence-corrected chi connectivity index (χ1v) is 9.23. The van der Waals surface area contributed by atoms with E-state index in [-0.39, 0.29) is 35.8 Å². The SMILES string of the molecule is CC(=O)C[C@H](CC(C)C)NC(=O)[C@H](CCCCN=C(N)N)NC(C)C. The summed E-state index contributed by atoms with van der Waals surface area (Å²) in [6, 6.07) is -0.186. The summed E-state index contributed by atoms with van der Waals surface area (Å²) in [5, 5.41) is 6.36. The third-order valence-corrected chi connectivity index (χ3v) is 3.68. The zero-order valence-corrected chi connectivity index (χ0v) is 16.5. The highest BCUT2D eigenvalue weighted by atomic mass is 16.2. The van der Waals surface area contributed by atoms with Crippen molar-refractivity contribution in [3.63, 3.8) is 0 Å². The van der Waals surface area contributed by atoms with Crippen molar-refractivity contribution in [2.24, 2.45) is 22.4 Å². The molecule has 0 aliphatic rings. The summed E-state index contributed by atoms with van der Waals surface area (Å²) in [6.07, 6.45) is 3.55. The number of hydrogen-bond acceptors (Lipinski definition) is 4. The lowest BCUT2D eigenvalue weighted by molar-refractivity contribution is -0.124. The van der Waals surface area contributed by atoms with Gasteiger partial charge in [-0.1, -0.05) is 27.7 Å². The fourth-order valence-electron chi connectivity index (χ4n) is 2.77. The fraction of sp³-hybridized carbons (Fsp3) is 0.833. The first-order valence-electron chi connectivity index (χ1n) is 9.23. The zero-order valence-electron chi connectivity index (χ0n) is 16.5. The maximum Gasteiger partial charge on any atom is 0.237 e. The van der Waals surface area contributed by atoms with Crippen molar-refractivity contribution in [2.45, 2.75) is 84.8 Å². The Bertz CT molecular complexity index is 431. The van der Waals surface area contributed by atoms with Crippen LogP contribution in [-0.4, -0.2) is 42.3 Å². The molecule has 146 valence electrons. The average Bonchev–Trinajstić information content (AvgIpc) is 2.43. The van der Waals surface area contributed by atoms with Crippen LogP contribution in [0.5, 0.6) is 0 Å². The van der Waals surface area contributed by atoms with E-state index in [1.807, 2.05) is 13.8 Å². The second-order valence-corrected chi connectivity index (χ2v) is 7.42. The molecule has 0 aromatic rings. The standard InChI is InChI=1S/C18H37N5O2/c1-12(2)10-15(11-14(5)24)23-17(25)16(22-13(3)4)8-6-7-9-21-18(19)20/h12-13,15-16,22H,6-11H2,1-5H3,(H,23,25)(H4,19,20,21)/t15-,16-/m0/s1. The van der Waals surface area contributed by atoms with Crippen LogP contribution in [0.2, 0.25) is 0 Å². The van der Waals surface area contributed by atoms with Gasteiger partial charge in [0.1, 0.15) is 5.78 Å². The summed E-state index contributed by atoms with van der Waals surface area (Å²) in [4.78, 5) is 28.1. The Balaban J connectivity index is 4.67. The molecule has 7 nitrogen and oxygen atoms in total. The largest absolute Gasteiger partial charge is 0.370 e. The van der Waals surface area contributed by atoms with Crippen LogP contribution in [-0.2, 0) is 9.59 Å². The molecule has 6 N–H and O–H groups in total. The summed E-state index contributed by atoms with van der Waals surface area (Å²) < 4.78 is 0. The molecule has 1 amide bonds. The van der Waals surface area contributed by atoms with E-state index < -0.39 is 0 Å². The lowest BCUT2D eigenvalue weighted by atomic mass is 9.98. The molecule has 0 aliphatic heterocycles. The number of nitrogens with two attached hydrogens (primary N) is 2. The molecule has 0 fully saturated rings.